The summed E-state index contributed by atoms with van der Waals surface area (Å²) in [7, 11) is 0. The fraction of sp³-hybridized carbons (Fsp3) is 0.111. The molecule has 1 unspecified atom stereocenters. The zero-order chi connectivity index (χ0) is 25.3. The van der Waals surface area contributed by atoms with Crippen molar-refractivity contribution in [1.82, 2.24) is 14.8 Å². The van der Waals surface area contributed by atoms with E-state index in [1.165, 1.54) is 12.5 Å². The van der Waals surface area contributed by atoms with Gasteiger partial charge in [0.1, 0.15) is 12.3 Å². The Balaban J connectivity index is 1.69. The zero-order valence-electron chi connectivity index (χ0n) is 19.0. The minimum atomic E-state index is -4.81. The average Bonchev–Trinajstić information content (AvgIpc) is 3.15. The van der Waals surface area contributed by atoms with Gasteiger partial charge in [-0.15, -0.1) is 0 Å². The number of carbonyl (C=O) groups is 1. The topological polar surface area (TPSA) is 56.6 Å². The summed E-state index contributed by atoms with van der Waals surface area (Å²) in [4.78, 5) is 18.5. The van der Waals surface area contributed by atoms with Crippen LogP contribution in [0, 0.1) is 6.92 Å². The molecule has 0 fully saturated rings. The normalized spacial score (nSPS) is 15.1. The summed E-state index contributed by atoms with van der Waals surface area (Å²) in [6, 6.07) is 22.3. The molecule has 0 spiro atoms. The molecule has 4 aromatic rings. The van der Waals surface area contributed by atoms with E-state index in [1.807, 2.05) is 6.92 Å². The summed E-state index contributed by atoms with van der Waals surface area (Å²) in [5.41, 5.74) is 0.604. The van der Waals surface area contributed by atoms with Crippen molar-refractivity contribution in [3.8, 4) is 11.6 Å². The van der Waals surface area contributed by atoms with Gasteiger partial charge in [0.2, 0.25) is 5.88 Å². The summed E-state index contributed by atoms with van der Waals surface area (Å²) in [5, 5.41) is 4.98. The van der Waals surface area contributed by atoms with E-state index in [0.29, 0.717) is 11.3 Å². The standard InChI is InChI=1S/C27H20F3N3O3/c1-18-12-14-21(15-13-18)33-25-22(24(31-33)27(28,29)30)23(19-8-4-2-5-9-19)32(16-17-35-25)36-26(34)20-10-6-3-7-11-20/h2-17,23H,1H3. The number of aryl methyl sites for hydroxylation is 1. The highest BCUT2D eigenvalue weighted by Gasteiger charge is 2.45. The molecular weight excluding hydrogens is 471 g/mol. The van der Waals surface area contributed by atoms with Crippen molar-refractivity contribution in [3.05, 3.63) is 125 Å². The Bertz CT molecular complexity index is 1400. The van der Waals surface area contributed by atoms with E-state index >= 15 is 0 Å². The number of ether oxygens (including phenoxy) is 1. The molecule has 1 atom stereocenters. The summed E-state index contributed by atoms with van der Waals surface area (Å²) in [5.74, 6) is -0.862. The molecule has 5 rings (SSSR count). The Kier molecular flexibility index (Phi) is 5.97. The predicted molar refractivity (Wildman–Crippen MR) is 125 cm³/mol. The first-order chi connectivity index (χ1) is 17.3. The van der Waals surface area contributed by atoms with E-state index in [1.54, 1.807) is 84.9 Å². The van der Waals surface area contributed by atoms with Crippen LogP contribution in [0.3, 0.4) is 0 Å². The number of halogens is 3. The molecule has 0 radical (unpaired) electrons. The average molecular weight is 491 g/mol. The minimum absolute atomic E-state index is 0.130. The molecule has 1 aliphatic heterocycles. The first kappa shape index (κ1) is 23.2. The molecule has 2 heterocycles. The number of rotatable bonds is 4. The van der Waals surface area contributed by atoms with Crippen LogP contribution >= 0.6 is 0 Å². The van der Waals surface area contributed by atoms with Gasteiger partial charge in [0, 0.05) is 0 Å². The summed E-state index contributed by atoms with van der Waals surface area (Å²) >= 11 is 0. The molecule has 1 aromatic heterocycles. The van der Waals surface area contributed by atoms with Gasteiger partial charge in [-0.1, -0.05) is 66.2 Å². The van der Waals surface area contributed by atoms with Gasteiger partial charge < -0.3 is 9.57 Å². The highest BCUT2D eigenvalue weighted by molar-refractivity contribution is 5.89. The van der Waals surface area contributed by atoms with Crippen LogP contribution in [0.5, 0.6) is 5.88 Å². The smallest absolute Gasteiger partial charge is 0.435 e. The zero-order valence-corrected chi connectivity index (χ0v) is 19.0. The van der Waals surface area contributed by atoms with Crippen LogP contribution in [-0.2, 0) is 11.0 Å². The van der Waals surface area contributed by atoms with Crippen molar-refractivity contribution in [1.29, 1.82) is 0 Å². The summed E-state index contributed by atoms with van der Waals surface area (Å²) < 4.78 is 49.9. The molecule has 0 N–H and O–H groups in total. The van der Waals surface area contributed by atoms with Crippen LogP contribution in [0.15, 0.2) is 97.4 Å². The Hall–Kier alpha value is -4.53. The van der Waals surface area contributed by atoms with Gasteiger partial charge in [0.05, 0.1) is 23.0 Å². The summed E-state index contributed by atoms with van der Waals surface area (Å²) in [6.45, 7) is 1.87. The lowest BCUT2D eigenvalue weighted by Gasteiger charge is -2.28. The lowest BCUT2D eigenvalue weighted by Crippen LogP contribution is -2.29. The second kappa shape index (κ2) is 9.26. The number of hydroxylamine groups is 2. The van der Waals surface area contributed by atoms with Gasteiger partial charge in [0.15, 0.2) is 5.69 Å². The van der Waals surface area contributed by atoms with Crippen molar-refractivity contribution < 1.29 is 27.5 Å². The molecule has 0 saturated carbocycles. The van der Waals surface area contributed by atoms with Gasteiger partial charge in [-0.25, -0.2) is 4.79 Å². The monoisotopic (exact) mass is 491 g/mol. The number of carbonyl (C=O) groups excluding carboxylic acids is 1. The molecular formula is C27H20F3N3O3. The second-order valence-corrected chi connectivity index (χ2v) is 8.13. The van der Waals surface area contributed by atoms with Crippen LogP contribution in [0.2, 0.25) is 0 Å². The summed E-state index contributed by atoms with van der Waals surface area (Å²) in [6.07, 6.45) is -2.35. The Labute approximate surface area is 204 Å². The highest BCUT2D eigenvalue weighted by atomic mass is 19.4. The molecule has 3 aromatic carbocycles. The maximum Gasteiger partial charge on any atom is 0.435 e. The first-order valence-corrected chi connectivity index (χ1v) is 11.0. The molecule has 36 heavy (non-hydrogen) atoms. The number of fused-ring (bicyclic) bond motifs is 1. The van der Waals surface area contributed by atoms with Gasteiger partial charge in [-0.3, -0.25) is 0 Å². The number of nitrogens with zero attached hydrogens (tertiary/aromatic N) is 3. The van der Waals surface area contributed by atoms with Gasteiger partial charge in [0.25, 0.3) is 0 Å². The van der Waals surface area contributed by atoms with E-state index in [9.17, 15) is 18.0 Å². The van der Waals surface area contributed by atoms with Crippen molar-refractivity contribution in [2.75, 3.05) is 0 Å². The lowest BCUT2D eigenvalue weighted by atomic mass is 9.98. The largest absolute Gasteiger partial charge is 0.445 e. The van der Waals surface area contributed by atoms with E-state index in [4.69, 9.17) is 9.57 Å². The predicted octanol–water partition coefficient (Wildman–Crippen LogP) is 6.23. The molecule has 9 heteroatoms. The Morgan fingerprint density at radius 2 is 1.58 bits per heavy atom. The fourth-order valence-electron chi connectivity index (χ4n) is 3.97. The van der Waals surface area contributed by atoms with Gasteiger partial charge >= 0.3 is 12.1 Å². The number of hydrogen-bond acceptors (Lipinski definition) is 5. The van der Waals surface area contributed by atoms with Crippen molar-refractivity contribution in [3.63, 3.8) is 0 Å². The highest BCUT2D eigenvalue weighted by Crippen LogP contribution is 2.45. The Morgan fingerprint density at radius 1 is 0.944 bits per heavy atom. The first-order valence-electron chi connectivity index (χ1n) is 11.0. The van der Waals surface area contributed by atoms with Crippen LogP contribution in [0.25, 0.3) is 5.69 Å². The number of alkyl halides is 3. The van der Waals surface area contributed by atoms with E-state index < -0.39 is 23.9 Å². The minimum Gasteiger partial charge on any atom is -0.445 e. The third kappa shape index (κ3) is 4.43. The Morgan fingerprint density at radius 3 is 2.22 bits per heavy atom. The molecule has 0 saturated heterocycles. The number of hydrogen-bond donors (Lipinski definition) is 0. The van der Waals surface area contributed by atoms with Crippen LogP contribution in [0.4, 0.5) is 13.2 Å². The van der Waals surface area contributed by atoms with Gasteiger partial charge in [-0.05, 0) is 36.8 Å². The third-order valence-electron chi connectivity index (χ3n) is 5.65. The molecule has 6 nitrogen and oxygen atoms in total. The molecule has 182 valence electrons. The molecule has 0 amide bonds. The van der Waals surface area contributed by atoms with E-state index in [0.717, 1.165) is 15.3 Å². The maximum absolute atomic E-state index is 14.4. The van der Waals surface area contributed by atoms with Crippen molar-refractivity contribution >= 4 is 5.97 Å². The third-order valence-corrected chi connectivity index (χ3v) is 5.65. The SMILES string of the molecule is Cc1ccc(-n2nc(C(F)(F)F)c3c2OC=CN(OC(=O)c2ccccc2)C3c2ccccc2)cc1. The van der Waals surface area contributed by atoms with E-state index in [-0.39, 0.29) is 17.0 Å². The number of benzene rings is 3. The van der Waals surface area contributed by atoms with Crippen LogP contribution < -0.4 is 4.74 Å². The lowest BCUT2D eigenvalue weighted by molar-refractivity contribution is -0.144. The molecule has 0 bridgehead atoms. The van der Waals surface area contributed by atoms with Crippen molar-refractivity contribution in [2.24, 2.45) is 0 Å². The fourth-order valence-corrected chi connectivity index (χ4v) is 3.97. The van der Waals surface area contributed by atoms with Gasteiger partial charge in [-0.2, -0.15) is 28.0 Å². The number of aromatic nitrogens is 2. The second-order valence-electron chi connectivity index (χ2n) is 8.13. The van der Waals surface area contributed by atoms with E-state index in [2.05, 4.69) is 5.10 Å². The quantitative estimate of drug-likeness (QED) is 0.339. The van der Waals surface area contributed by atoms with Crippen molar-refractivity contribution in [2.45, 2.75) is 19.1 Å². The molecule has 0 aliphatic carbocycles. The maximum atomic E-state index is 14.4. The van der Waals surface area contributed by atoms with Crippen LogP contribution in [-0.4, -0.2) is 20.8 Å². The van der Waals surface area contributed by atoms with Crippen LogP contribution in [0.1, 0.15) is 38.8 Å². The molecule has 1 aliphatic rings.